The molecule has 3 aliphatic rings. The molecular weight excluding hydrogens is 648 g/mol. The summed E-state index contributed by atoms with van der Waals surface area (Å²) in [6.07, 6.45) is -1.85. The normalized spacial score (nSPS) is 21.6. The summed E-state index contributed by atoms with van der Waals surface area (Å²) in [5, 5.41) is 0.200. The first-order valence-corrected chi connectivity index (χ1v) is 16.7. The molecule has 3 aromatic rings. The number of nitrogens with zero attached hydrogens (tertiary/aromatic N) is 2. The Morgan fingerprint density at radius 1 is 1.04 bits per heavy atom. The van der Waals surface area contributed by atoms with Crippen molar-refractivity contribution in [3.8, 4) is 5.75 Å². The van der Waals surface area contributed by atoms with E-state index < -0.39 is 38.6 Å². The van der Waals surface area contributed by atoms with Crippen LogP contribution in [0, 0.1) is 5.82 Å². The van der Waals surface area contributed by atoms with Gasteiger partial charge in [0.25, 0.3) is 10.0 Å². The zero-order valence-electron chi connectivity index (χ0n) is 24.8. The number of benzene rings is 3. The molecule has 6 rings (SSSR count). The molecule has 0 aliphatic carbocycles. The van der Waals surface area contributed by atoms with E-state index in [9.17, 15) is 30.8 Å². The number of ether oxygens (including phenoxy) is 2. The van der Waals surface area contributed by atoms with E-state index >= 15 is 0 Å². The summed E-state index contributed by atoms with van der Waals surface area (Å²) in [5.41, 5.74) is 0.149. The van der Waals surface area contributed by atoms with E-state index in [1.807, 2.05) is 4.90 Å². The maximum absolute atomic E-state index is 14.6. The smallest absolute Gasteiger partial charge is 0.416 e. The summed E-state index contributed by atoms with van der Waals surface area (Å²) in [6, 6.07) is 12.6. The molecule has 0 aromatic heterocycles. The Morgan fingerprint density at radius 3 is 2.46 bits per heavy atom. The predicted octanol–water partition coefficient (Wildman–Crippen LogP) is 7.18. The topological polar surface area (TPSA) is 76.2 Å². The Morgan fingerprint density at radius 2 is 1.76 bits per heavy atom. The number of morpholine rings is 1. The zero-order chi connectivity index (χ0) is 32.8. The molecule has 46 heavy (non-hydrogen) atoms. The molecule has 13 heteroatoms. The molecule has 2 saturated heterocycles. The van der Waals surface area contributed by atoms with Crippen molar-refractivity contribution in [1.82, 2.24) is 4.90 Å². The number of alkyl halides is 3. The van der Waals surface area contributed by atoms with Crippen LogP contribution >= 0.6 is 11.6 Å². The van der Waals surface area contributed by atoms with Gasteiger partial charge >= 0.3 is 6.18 Å². The third-order valence-corrected chi connectivity index (χ3v) is 10.7. The second kappa shape index (κ2) is 12.5. The molecule has 3 unspecified atom stereocenters. The first-order chi connectivity index (χ1) is 21.8. The van der Waals surface area contributed by atoms with E-state index in [0.29, 0.717) is 30.4 Å². The fraction of sp³-hybridized carbons (Fsp3) is 0.364. The minimum Gasteiger partial charge on any atom is -0.486 e. The van der Waals surface area contributed by atoms with E-state index in [1.54, 1.807) is 31.2 Å². The average Bonchev–Trinajstić information content (AvgIpc) is 3.26. The summed E-state index contributed by atoms with van der Waals surface area (Å²) in [7, 11) is -4.53. The van der Waals surface area contributed by atoms with Crippen molar-refractivity contribution in [2.45, 2.75) is 61.9 Å². The lowest BCUT2D eigenvalue weighted by atomic mass is 10.0. The first kappa shape index (κ1) is 32.3. The van der Waals surface area contributed by atoms with Gasteiger partial charge in [-0.3, -0.25) is 9.10 Å². The van der Waals surface area contributed by atoms with Crippen LogP contribution in [0.25, 0.3) is 11.6 Å². The van der Waals surface area contributed by atoms with Gasteiger partial charge in [-0.25, -0.2) is 12.8 Å². The third kappa shape index (κ3) is 6.34. The van der Waals surface area contributed by atoms with Crippen LogP contribution < -0.4 is 9.04 Å². The average molecular weight is 679 g/mol. The van der Waals surface area contributed by atoms with Crippen molar-refractivity contribution in [3.63, 3.8) is 0 Å². The number of halogens is 5. The van der Waals surface area contributed by atoms with Crippen LogP contribution in [-0.2, 0) is 25.7 Å². The molecule has 0 spiro atoms. The maximum Gasteiger partial charge on any atom is 0.416 e. The summed E-state index contributed by atoms with van der Waals surface area (Å²) in [4.78, 5) is 14.5. The highest BCUT2D eigenvalue weighted by Crippen LogP contribution is 2.41. The number of carbonyl (C=O) groups is 1. The van der Waals surface area contributed by atoms with Gasteiger partial charge in [-0.1, -0.05) is 35.9 Å². The van der Waals surface area contributed by atoms with Crippen LogP contribution in [-0.4, -0.2) is 57.2 Å². The number of hydrogen-bond donors (Lipinski definition) is 0. The largest absolute Gasteiger partial charge is 0.486 e. The second-order valence-electron chi connectivity index (χ2n) is 11.7. The highest BCUT2D eigenvalue weighted by atomic mass is 35.5. The SMILES string of the molecule is CC(=Cc1ccc2c(c1)N(S(=O)(=O)c1cccc(C(F)(F)F)c1)CC(CCC(=O)N1C3CCC1COC3)O2)c1c(F)cccc1Cl. The van der Waals surface area contributed by atoms with E-state index in [1.165, 1.54) is 18.2 Å². The predicted molar refractivity (Wildman–Crippen MR) is 165 cm³/mol. The monoisotopic (exact) mass is 678 g/mol. The number of rotatable bonds is 7. The Balaban J connectivity index is 1.33. The minimum atomic E-state index is -4.75. The van der Waals surface area contributed by atoms with Crippen LogP contribution in [0.3, 0.4) is 0 Å². The summed E-state index contributed by atoms with van der Waals surface area (Å²) in [5.74, 6) is -0.413. The number of sulfonamides is 1. The summed E-state index contributed by atoms with van der Waals surface area (Å²) >= 11 is 6.24. The van der Waals surface area contributed by atoms with E-state index in [2.05, 4.69) is 0 Å². The van der Waals surface area contributed by atoms with Gasteiger partial charge < -0.3 is 14.4 Å². The molecule has 2 fully saturated rings. The molecule has 3 aromatic carbocycles. The van der Waals surface area contributed by atoms with Crippen LogP contribution in [0.2, 0.25) is 5.02 Å². The minimum absolute atomic E-state index is 0.0196. The number of carbonyl (C=O) groups excluding carboxylic acids is 1. The number of anilines is 1. The van der Waals surface area contributed by atoms with Gasteiger partial charge in [-0.15, -0.1) is 0 Å². The Labute approximate surface area is 269 Å². The van der Waals surface area contributed by atoms with Crippen LogP contribution in [0.5, 0.6) is 5.75 Å². The number of fused-ring (bicyclic) bond motifs is 3. The number of hydrogen-bond acceptors (Lipinski definition) is 5. The van der Waals surface area contributed by atoms with Gasteiger partial charge in [0.2, 0.25) is 5.91 Å². The van der Waals surface area contributed by atoms with Gasteiger partial charge in [0.15, 0.2) is 0 Å². The molecule has 0 radical (unpaired) electrons. The molecule has 244 valence electrons. The molecular formula is C33H31ClF4N2O5S. The van der Waals surface area contributed by atoms with Gasteiger partial charge in [0, 0.05) is 12.0 Å². The molecule has 0 N–H and O–H groups in total. The highest BCUT2D eigenvalue weighted by molar-refractivity contribution is 7.92. The van der Waals surface area contributed by atoms with Gasteiger partial charge in [0.05, 0.1) is 53.0 Å². The van der Waals surface area contributed by atoms with Crippen LogP contribution in [0.15, 0.2) is 65.6 Å². The van der Waals surface area contributed by atoms with Crippen LogP contribution in [0.1, 0.15) is 49.3 Å². The lowest BCUT2D eigenvalue weighted by Gasteiger charge is -2.37. The summed E-state index contributed by atoms with van der Waals surface area (Å²) in [6.45, 7) is 2.39. The molecule has 3 atom stereocenters. The van der Waals surface area contributed by atoms with Crippen molar-refractivity contribution in [2.24, 2.45) is 0 Å². The molecule has 7 nitrogen and oxygen atoms in total. The van der Waals surface area contributed by atoms with Gasteiger partial charge in [-0.2, -0.15) is 13.2 Å². The Kier molecular flexibility index (Phi) is 8.81. The fourth-order valence-electron chi connectivity index (χ4n) is 6.40. The summed E-state index contributed by atoms with van der Waals surface area (Å²) < 4.78 is 96.1. The van der Waals surface area contributed by atoms with Crippen LogP contribution in [0.4, 0.5) is 23.2 Å². The quantitative estimate of drug-likeness (QED) is 0.196. The number of amides is 1. The van der Waals surface area contributed by atoms with Crippen molar-refractivity contribution in [3.05, 3.63) is 88.2 Å². The third-order valence-electron chi connectivity index (χ3n) is 8.61. The lowest BCUT2D eigenvalue weighted by molar-refractivity contribution is -0.141. The van der Waals surface area contributed by atoms with Crippen molar-refractivity contribution in [1.29, 1.82) is 0 Å². The van der Waals surface area contributed by atoms with Gasteiger partial charge in [-0.05, 0) is 79.8 Å². The zero-order valence-corrected chi connectivity index (χ0v) is 26.3. The second-order valence-corrected chi connectivity index (χ2v) is 14.0. The fourth-order valence-corrected chi connectivity index (χ4v) is 8.26. The molecule has 3 heterocycles. The maximum atomic E-state index is 14.6. The standard InChI is InChI=1S/C33H31ClF4N2O5S/c1-20(32-27(34)6-3-7-28(32)35)14-21-8-12-30-29(15-21)39(46(42,43)26-5-2-4-22(16-26)33(36,37)38)17-25(45-30)11-13-31(41)40-23-9-10-24(40)19-44-18-23/h2-8,12,14-16,23-25H,9-11,13,17-19H2,1H3. The van der Waals surface area contributed by atoms with E-state index in [4.69, 9.17) is 21.1 Å². The highest BCUT2D eigenvalue weighted by Gasteiger charge is 2.41. The Hall–Kier alpha value is -3.61. The first-order valence-electron chi connectivity index (χ1n) is 14.8. The molecule has 2 bridgehead atoms. The van der Waals surface area contributed by atoms with Crippen molar-refractivity contribution >= 4 is 44.9 Å². The lowest BCUT2D eigenvalue weighted by Crippen LogP contribution is -2.49. The van der Waals surface area contributed by atoms with Gasteiger partial charge in [0.1, 0.15) is 17.7 Å². The molecule has 1 amide bonds. The molecule has 0 saturated carbocycles. The Bertz CT molecular complexity index is 1760. The molecule has 3 aliphatic heterocycles. The van der Waals surface area contributed by atoms with Crippen molar-refractivity contribution < 1.29 is 40.2 Å². The van der Waals surface area contributed by atoms with Crippen molar-refractivity contribution in [2.75, 3.05) is 24.1 Å². The number of allylic oxidation sites excluding steroid dienone is 1. The van der Waals surface area contributed by atoms with E-state index in [-0.39, 0.29) is 59.4 Å². The van der Waals surface area contributed by atoms with E-state index in [0.717, 1.165) is 35.3 Å².